The highest BCUT2D eigenvalue weighted by atomic mass is 19.1. The molecule has 4 nitrogen and oxygen atoms in total. The number of ether oxygens (including phenoxy) is 2. The Labute approximate surface area is 117 Å². The number of methoxy groups -OCH3 is 2. The van der Waals surface area contributed by atoms with Crippen molar-refractivity contribution in [1.82, 2.24) is 4.98 Å². The van der Waals surface area contributed by atoms with Crippen LogP contribution in [0.15, 0.2) is 36.4 Å². The van der Waals surface area contributed by atoms with Crippen LogP contribution in [0.5, 0.6) is 11.5 Å². The lowest BCUT2D eigenvalue weighted by atomic mass is 10.1. The summed E-state index contributed by atoms with van der Waals surface area (Å²) in [7, 11) is 3.21. The van der Waals surface area contributed by atoms with Gasteiger partial charge in [-0.2, -0.15) is 4.39 Å². The molecule has 0 fully saturated rings. The van der Waals surface area contributed by atoms with E-state index >= 15 is 0 Å². The van der Waals surface area contributed by atoms with Crippen LogP contribution in [0.25, 0.3) is 0 Å². The lowest BCUT2D eigenvalue weighted by Crippen LogP contribution is -2.09. The third-order valence-electron chi connectivity index (χ3n) is 2.99. The number of nitrogens with one attached hydrogen (secondary N) is 1. The maximum absolute atomic E-state index is 13.1. The lowest BCUT2D eigenvalue weighted by Gasteiger charge is -2.18. The molecule has 5 heteroatoms. The Morgan fingerprint density at radius 3 is 2.60 bits per heavy atom. The van der Waals surface area contributed by atoms with Crippen molar-refractivity contribution in [2.75, 3.05) is 19.5 Å². The summed E-state index contributed by atoms with van der Waals surface area (Å²) in [4.78, 5) is 3.78. The Morgan fingerprint density at radius 1 is 1.15 bits per heavy atom. The number of hydrogen-bond donors (Lipinski definition) is 1. The van der Waals surface area contributed by atoms with E-state index in [4.69, 9.17) is 9.47 Å². The van der Waals surface area contributed by atoms with Crippen LogP contribution >= 0.6 is 0 Å². The van der Waals surface area contributed by atoms with Crippen LogP contribution in [0.1, 0.15) is 18.5 Å². The molecule has 106 valence electrons. The fourth-order valence-corrected chi connectivity index (χ4v) is 1.96. The van der Waals surface area contributed by atoms with E-state index in [1.807, 2.05) is 25.1 Å². The molecule has 0 aliphatic carbocycles. The summed E-state index contributed by atoms with van der Waals surface area (Å²) in [5.74, 6) is 1.40. The first-order valence-corrected chi connectivity index (χ1v) is 6.25. The van der Waals surface area contributed by atoms with Gasteiger partial charge in [-0.1, -0.05) is 6.07 Å². The van der Waals surface area contributed by atoms with Gasteiger partial charge in [-0.3, -0.25) is 0 Å². The number of benzene rings is 1. The molecular formula is C15H17FN2O2. The van der Waals surface area contributed by atoms with Crippen LogP contribution in [0, 0.1) is 5.95 Å². The molecule has 2 aromatic rings. The second kappa shape index (κ2) is 6.23. The summed E-state index contributed by atoms with van der Waals surface area (Å²) in [5.41, 5.74) is 0.944. The Kier molecular flexibility index (Phi) is 4.40. The number of aromatic nitrogens is 1. The molecule has 0 saturated heterocycles. The molecule has 0 amide bonds. The molecule has 0 bridgehead atoms. The van der Waals surface area contributed by atoms with E-state index in [9.17, 15) is 4.39 Å². The minimum Gasteiger partial charge on any atom is -0.497 e. The van der Waals surface area contributed by atoms with Gasteiger partial charge in [-0.25, -0.2) is 4.98 Å². The molecule has 0 saturated carbocycles. The van der Waals surface area contributed by atoms with Gasteiger partial charge < -0.3 is 14.8 Å². The van der Waals surface area contributed by atoms with Crippen LogP contribution in [-0.4, -0.2) is 19.2 Å². The number of hydrogen-bond acceptors (Lipinski definition) is 4. The van der Waals surface area contributed by atoms with Crippen LogP contribution in [0.3, 0.4) is 0 Å². The van der Waals surface area contributed by atoms with Crippen LogP contribution in [0.4, 0.5) is 10.2 Å². The van der Waals surface area contributed by atoms with Gasteiger partial charge in [0.25, 0.3) is 0 Å². The summed E-state index contributed by atoms with van der Waals surface area (Å²) in [6.07, 6.45) is 0. The molecule has 0 aliphatic heterocycles. The summed E-state index contributed by atoms with van der Waals surface area (Å²) >= 11 is 0. The first-order chi connectivity index (χ1) is 9.63. The fraction of sp³-hybridized carbons (Fsp3) is 0.267. The number of nitrogens with zero attached hydrogens (tertiary/aromatic N) is 1. The summed E-state index contributed by atoms with van der Waals surface area (Å²) in [6, 6.07) is 10.1. The molecule has 2 rings (SSSR count). The molecule has 1 atom stereocenters. The Hall–Kier alpha value is -2.30. The van der Waals surface area contributed by atoms with Gasteiger partial charge in [0.1, 0.15) is 17.3 Å². The molecule has 1 aromatic heterocycles. The highest BCUT2D eigenvalue weighted by molar-refractivity contribution is 5.46. The molecule has 0 aliphatic rings. The fourth-order valence-electron chi connectivity index (χ4n) is 1.96. The van der Waals surface area contributed by atoms with Crippen LogP contribution < -0.4 is 14.8 Å². The maximum atomic E-state index is 13.1. The maximum Gasteiger partial charge on any atom is 0.214 e. The van der Waals surface area contributed by atoms with Crippen LogP contribution in [0.2, 0.25) is 0 Å². The van der Waals surface area contributed by atoms with E-state index in [-0.39, 0.29) is 6.04 Å². The van der Waals surface area contributed by atoms with Gasteiger partial charge in [0.2, 0.25) is 5.95 Å². The van der Waals surface area contributed by atoms with Crippen LogP contribution in [-0.2, 0) is 0 Å². The van der Waals surface area contributed by atoms with Gasteiger partial charge >= 0.3 is 0 Å². The van der Waals surface area contributed by atoms with Crippen molar-refractivity contribution < 1.29 is 13.9 Å². The van der Waals surface area contributed by atoms with E-state index in [0.717, 1.165) is 11.3 Å². The standard InChI is InChI=1S/C15H17FN2O2/c1-10(17-15-6-4-5-14(16)18-15)12-8-7-11(19-2)9-13(12)20-3/h4-10H,1-3H3,(H,17,18). The average Bonchev–Trinajstić information content (AvgIpc) is 2.46. The third kappa shape index (κ3) is 3.17. The Bertz CT molecular complexity index is 590. The quantitative estimate of drug-likeness (QED) is 0.850. The second-order valence-corrected chi connectivity index (χ2v) is 4.32. The van der Waals surface area contributed by atoms with Crippen molar-refractivity contribution in [3.05, 3.63) is 47.9 Å². The first kappa shape index (κ1) is 14.1. The van der Waals surface area contributed by atoms with Gasteiger partial charge in [0.05, 0.1) is 20.3 Å². The van der Waals surface area contributed by atoms with Crippen molar-refractivity contribution in [1.29, 1.82) is 0 Å². The molecular weight excluding hydrogens is 259 g/mol. The van der Waals surface area contributed by atoms with E-state index in [1.165, 1.54) is 6.07 Å². The van der Waals surface area contributed by atoms with Crippen molar-refractivity contribution in [2.45, 2.75) is 13.0 Å². The molecule has 1 heterocycles. The number of anilines is 1. The largest absolute Gasteiger partial charge is 0.497 e. The van der Waals surface area contributed by atoms with Crippen molar-refractivity contribution >= 4 is 5.82 Å². The smallest absolute Gasteiger partial charge is 0.214 e. The Morgan fingerprint density at radius 2 is 1.95 bits per heavy atom. The van der Waals surface area contributed by atoms with Crippen molar-refractivity contribution in [2.24, 2.45) is 0 Å². The molecule has 20 heavy (non-hydrogen) atoms. The predicted octanol–water partition coefficient (Wildman–Crippen LogP) is 3.41. The van der Waals surface area contributed by atoms with Gasteiger partial charge in [-0.05, 0) is 31.2 Å². The minimum atomic E-state index is -0.510. The molecule has 0 spiro atoms. The molecule has 0 radical (unpaired) electrons. The zero-order chi connectivity index (χ0) is 14.5. The van der Waals surface area contributed by atoms with Gasteiger partial charge in [-0.15, -0.1) is 0 Å². The zero-order valence-corrected chi connectivity index (χ0v) is 11.7. The van der Waals surface area contributed by atoms with Gasteiger partial charge in [0.15, 0.2) is 0 Å². The summed E-state index contributed by atoms with van der Waals surface area (Å²) < 4.78 is 23.6. The lowest BCUT2D eigenvalue weighted by molar-refractivity contribution is 0.390. The summed E-state index contributed by atoms with van der Waals surface area (Å²) in [5, 5.41) is 3.14. The normalized spacial score (nSPS) is 11.8. The van der Waals surface area contributed by atoms with E-state index < -0.39 is 5.95 Å². The number of halogens is 1. The topological polar surface area (TPSA) is 43.4 Å². The van der Waals surface area contributed by atoms with E-state index in [2.05, 4.69) is 10.3 Å². The van der Waals surface area contributed by atoms with Crippen molar-refractivity contribution in [3.8, 4) is 11.5 Å². The first-order valence-electron chi connectivity index (χ1n) is 6.25. The van der Waals surface area contributed by atoms with Crippen molar-refractivity contribution in [3.63, 3.8) is 0 Å². The highest BCUT2D eigenvalue weighted by Crippen LogP contribution is 2.30. The third-order valence-corrected chi connectivity index (χ3v) is 2.99. The second-order valence-electron chi connectivity index (χ2n) is 4.32. The number of pyridine rings is 1. The Balaban J connectivity index is 2.22. The molecule has 1 unspecified atom stereocenters. The SMILES string of the molecule is COc1ccc(C(C)Nc2cccc(F)n2)c(OC)c1. The number of rotatable bonds is 5. The zero-order valence-electron chi connectivity index (χ0n) is 11.7. The molecule has 1 N–H and O–H groups in total. The highest BCUT2D eigenvalue weighted by Gasteiger charge is 2.13. The predicted molar refractivity (Wildman–Crippen MR) is 75.8 cm³/mol. The average molecular weight is 276 g/mol. The minimum absolute atomic E-state index is 0.0786. The van der Waals surface area contributed by atoms with Gasteiger partial charge in [0, 0.05) is 11.6 Å². The monoisotopic (exact) mass is 276 g/mol. The van der Waals surface area contributed by atoms with E-state index in [0.29, 0.717) is 11.6 Å². The molecule has 1 aromatic carbocycles. The summed E-state index contributed by atoms with van der Waals surface area (Å²) in [6.45, 7) is 1.96. The van der Waals surface area contributed by atoms with E-state index in [1.54, 1.807) is 26.4 Å².